The van der Waals surface area contributed by atoms with E-state index in [4.69, 9.17) is 10.5 Å². The van der Waals surface area contributed by atoms with Gasteiger partial charge in [-0.25, -0.2) is 0 Å². The third kappa shape index (κ3) is 2.58. The number of hydrogen-bond donors (Lipinski definition) is 1. The molecule has 1 saturated carbocycles. The first kappa shape index (κ1) is 14.9. The summed E-state index contributed by atoms with van der Waals surface area (Å²) in [7, 11) is -1.26. The fourth-order valence-electron chi connectivity index (χ4n) is 4.83. The number of nitrogens with two attached hydrogens (primary N) is 1. The molecule has 6 atom stereocenters. The standard InChI is InChI=1S/C16H29NO2P/c1-15(2)6-5-10(7-15)12-9-20(18)14(17)11-8-16(3,4)19-13(11)12/h10-14H,5-9,17H2,1-4H3/q+1. The van der Waals surface area contributed by atoms with Gasteiger partial charge in [0.25, 0.3) is 0 Å². The van der Waals surface area contributed by atoms with E-state index < -0.39 is 7.80 Å². The van der Waals surface area contributed by atoms with Gasteiger partial charge in [0.15, 0.2) is 6.16 Å². The van der Waals surface area contributed by atoms with Crippen molar-refractivity contribution in [2.45, 2.75) is 70.9 Å². The van der Waals surface area contributed by atoms with Gasteiger partial charge in [0.2, 0.25) is 5.78 Å². The van der Waals surface area contributed by atoms with Crippen LogP contribution < -0.4 is 5.73 Å². The van der Waals surface area contributed by atoms with Crippen molar-refractivity contribution in [3.63, 3.8) is 0 Å². The van der Waals surface area contributed by atoms with Gasteiger partial charge in [-0.05, 0) is 50.9 Å². The topological polar surface area (TPSA) is 52.3 Å². The lowest BCUT2D eigenvalue weighted by Crippen LogP contribution is -2.45. The van der Waals surface area contributed by atoms with Crippen molar-refractivity contribution in [1.82, 2.24) is 0 Å². The van der Waals surface area contributed by atoms with Gasteiger partial charge in [0.05, 0.1) is 11.7 Å². The maximum Gasteiger partial charge on any atom is 0.357 e. The largest absolute Gasteiger partial charge is 0.371 e. The second kappa shape index (κ2) is 4.76. The van der Waals surface area contributed by atoms with E-state index in [-0.39, 0.29) is 17.5 Å². The minimum Gasteiger partial charge on any atom is -0.371 e. The number of fused-ring (bicyclic) bond motifs is 1. The molecule has 0 aromatic carbocycles. The normalized spacial score (nSPS) is 48.2. The summed E-state index contributed by atoms with van der Waals surface area (Å²) in [5.74, 6) is 1.29. The van der Waals surface area contributed by atoms with Gasteiger partial charge in [-0.3, -0.25) is 5.73 Å². The Hall–Kier alpha value is 0.0200. The van der Waals surface area contributed by atoms with Crippen LogP contribution in [-0.2, 0) is 9.30 Å². The molecule has 0 spiro atoms. The molecule has 114 valence electrons. The summed E-state index contributed by atoms with van der Waals surface area (Å²) in [4.78, 5) is 0. The van der Waals surface area contributed by atoms with Crippen LogP contribution in [0.5, 0.6) is 0 Å². The van der Waals surface area contributed by atoms with E-state index in [1.165, 1.54) is 19.3 Å². The van der Waals surface area contributed by atoms with Crippen LogP contribution in [0.25, 0.3) is 0 Å². The molecule has 4 heteroatoms. The van der Waals surface area contributed by atoms with E-state index in [1.807, 2.05) is 0 Å². The van der Waals surface area contributed by atoms with Gasteiger partial charge >= 0.3 is 7.80 Å². The molecule has 0 aromatic heterocycles. The second-order valence-electron chi connectivity index (χ2n) is 8.63. The van der Waals surface area contributed by atoms with Gasteiger partial charge in [0.1, 0.15) is 0 Å². The maximum absolute atomic E-state index is 12.4. The summed E-state index contributed by atoms with van der Waals surface area (Å²) in [5, 5.41) is 0. The lowest BCUT2D eigenvalue weighted by Gasteiger charge is -2.34. The predicted molar refractivity (Wildman–Crippen MR) is 82.1 cm³/mol. The van der Waals surface area contributed by atoms with Crippen molar-refractivity contribution in [2.75, 3.05) is 6.16 Å². The molecule has 2 heterocycles. The lowest BCUT2D eigenvalue weighted by atomic mass is 9.79. The molecular formula is C16H29NO2P+. The van der Waals surface area contributed by atoms with E-state index in [0.29, 0.717) is 23.2 Å². The highest BCUT2D eigenvalue weighted by Crippen LogP contribution is 2.56. The van der Waals surface area contributed by atoms with Crippen LogP contribution >= 0.6 is 7.80 Å². The zero-order chi connectivity index (χ0) is 14.7. The molecule has 3 rings (SSSR count). The van der Waals surface area contributed by atoms with Crippen molar-refractivity contribution in [3.8, 4) is 0 Å². The zero-order valence-electron chi connectivity index (χ0n) is 13.3. The maximum atomic E-state index is 12.4. The summed E-state index contributed by atoms with van der Waals surface area (Å²) in [6, 6.07) is 0. The summed E-state index contributed by atoms with van der Waals surface area (Å²) in [6.07, 6.45) is 5.80. The Labute approximate surface area is 123 Å². The zero-order valence-corrected chi connectivity index (χ0v) is 14.2. The average molecular weight is 298 g/mol. The van der Waals surface area contributed by atoms with Crippen molar-refractivity contribution >= 4 is 7.80 Å². The SMILES string of the molecule is CC1(C)CCC(C2C[P+](=O)C(N)C3CC(C)(C)OC23)C1. The van der Waals surface area contributed by atoms with Gasteiger partial charge in [0, 0.05) is 11.8 Å². The Morgan fingerprint density at radius 2 is 1.85 bits per heavy atom. The Balaban J connectivity index is 1.82. The molecule has 0 aromatic rings. The summed E-state index contributed by atoms with van der Waals surface area (Å²) < 4.78 is 18.8. The second-order valence-corrected chi connectivity index (χ2v) is 10.4. The van der Waals surface area contributed by atoms with Crippen molar-refractivity contribution in [1.29, 1.82) is 0 Å². The minimum atomic E-state index is -1.26. The molecule has 3 fully saturated rings. The third-order valence-electron chi connectivity index (χ3n) is 5.80. The quantitative estimate of drug-likeness (QED) is 0.750. The van der Waals surface area contributed by atoms with E-state index in [1.54, 1.807) is 0 Å². The molecule has 3 nitrogen and oxygen atoms in total. The molecule has 20 heavy (non-hydrogen) atoms. The van der Waals surface area contributed by atoms with E-state index >= 15 is 0 Å². The van der Waals surface area contributed by atoms with Crippen LogP contribution in [-0.4, -0.2) is 23.6 Å². The van der Waals surface area contributed by atoms with Crippen LogP contribution in [0.2, 0.25) is 0 Å². The highest BCUT2D eigenvalue weighted by atomic mass is 31.1. The molecule has 0 bridgehead atoms. The monoisotopic (exact) mass is 298 g/mol. The number of hydrogen-bond acceptors (Lipinski definition) is 3. The molecular weight excluding hydrogens is 269 g/mol. The van der Waals surface area contributed by atoms with Crippen LogP contribution in [0.1, 0.15) is 53.4 Å². The summed E-state index contributed by atoms with van der Waals surface area (Å²) >= 11 is 0. The highest BCUT2D eigenvalue weighted by molar-refractivity contribution is 7.45. The van der Waals surface area contributed by atoms with Crippen molar-refractivity contribution in [3.05, 3.63) is 0 Å². The van der Waals surface area contributed by atoms with Crippen LogP contribution in [0.3, 0.4) is 0 Å². The van der Waals surface area contributed by atoms with Gasteiger partial charge in [-0.2, -0.15) is 0 Å². The third-order valence-corrected chi connectivity index (χ3v) is 7.63. The summed E-state index contributed by atoms with van der Waals surface area (Å²) in [6.45, 7) is 9.03. The van der Waals surface area contributed by atoms with Crippen molar-refractivity contribution < 1.29 is 9.30 Å². The molecule has 6 unspecified atom stereocenters. The Morgan fingerprint density at radius 1 is 1.15 bits per heavy atom. The molecule has 2 aliphatic heterocycles. The minimum absolute atomic E-state index is 0.0974. The van der Waals surface area contributed by atoms with Crippen LogP contribution in [0, 0.1) is 23.2 Å². The fraction of sp³-hybridized carbons (Fsp3) is 1.00. The van der Waals surface area contributed by atoms with E-state index in [9.17, 15) is 4.57 Å². The molecule has 2 saturated heterocycles. The molecule has 1 aliphatic carbocycles. The first-order valence-electron chi connectivity index (χ1n) is 8.06. The number of ether oxygens (including phenoxy) is 1. The van der Waals surface area contributed by atoms with Gasteiger partial charge in [-0.15, -0.1) is 0 Å². The highest BCUT2D eigenvalue weighted by Gasteiger charge is 2.59. The Kier molecular flexibility index (Phi) is 3.56. The Morgan fingerprint density at radius 3 is 2.45 bits per heavy atom. The molecule has 0 radical (unpaired) electrons. The van der Waals surface area contributed by atoms with Gasteiger partial charge in [-0.1, -0.05) is 18.4 Å². The summed E-state index contributed by atoms with van der Waals surface area (Å²) in [5.41, 5.74) is 6.58. The molecule has 2 N–H and O–H groups in total. The van der Waals surface area contributed by atoms with Crippen molar-refractivity contribution in [2.24, 2.45) is 28.9 Å². The molecule has 0 amide bonds. The number of rotatable bonds is 1. The smallest absolute Gasteiger partial charge is 0.357 e. The van der Waals surface area contributed by atoms with E-state index in [2.05, 4.69) is 27.7 Å². The first-order chi connectivity index (χ1) is 9.19. The van der Waals surface area contributed by atoms with Crippen LogP contribution in [0.4, 0.5) is 0 Å². The first-order valence-corrected chi connectivity index (χ1v) is 9.57. The lowest BCUT2D eigenvalue weighted by molar-refractivity contribution is -0.0580. The molecule has 3 aliphatic rings. The fourth-order valence-corrected chi connectivity index (χ4v) is 6.69. The predicted octanol–water partition coefficient (Wildman–Crippen LogP) is 3.74. The van der Waals surface area contributed by atoms with E-state index in [0.717, 1.165) is 12.6 Å². The van der Waals surface area contributed by atoms with Crippen LogP contribution in [0.15, 0.2) is 0 Å². The Bertz CT molecular complexity index is 421. The van der Waals surface area contributed by atoms with Gasteiger partial charge < -0.3 is 4.74 Å². The average Bonchev–Trinajstić information content (AvgIpc) is 2.83.